The van der Waals surface area contributed by atoms with Crippen molar-refractivity contribution in [2.24, 2.45) is 5.92 Å². The summed E-state index contributed by atoms with van der Waals surface area (Å²) < 4.78 is 12.9. The summed E-state index contributed by atoms with van der Waals surface area (Å²) in [7, 11) is 0. The molecule has 2 heteroatoms. The predicted octanol–water partition coefficient (Wildman–Crippen LogP) is 3.59. The third-order valence-corrected chi connectivity index (χ3v) is 3.09. The Morgan fingerprint density at radius 3 is 2.60 bits per heavy atom. The van der Waals surface area contributed by atoms with Crippen LogP contribution in [-0.4, -0.2) is 5.78 Å². The van der Waals surface area contributed by atoms with Crippen LogP contribution in [0.25, 0.3) is 0 Å². The van der Waals surface area contributed by atoms with E-state index in [0.29, 0.717) is 5.56 Å². The molecule has 0 aromatic heterocycles. The van der Waals surface area contributed by atoms with Gasteiger partial charge in [0.1, 0.15) is 5.82 Å². The first-order valence-corrected chi connectivity index (χ1v) is 5.57. The molecule has 0 amide bonds. The van der Waals surface area contributed by atoms with Gasteiger partial charge < -0.3 is 0 Å². The lowest BCUT2D eigenvalue weighted by atomic mass is 9.84. The first-order valence-electron chi connectivity index (χ1n) is 5.57. The SMILES string of the molecule is O=C(c1cccc(F)c1)C1CCCCC1. The maximum Gasteiger partial charge on any atom is 0.166 e. The van der Waals surface area contributed by atoms with Crippen LogP contribution in [-0.2, 0) is 0 Å². The summed E-state index contributed by atoms with van der Waals surface area (Å²) in [5.74, 6) is -0.0774. The van der Waals surface area contributed by atoms with Gasteiger partial charge in [-0.3, -0.25) is 4.79 Å². The van der Waals surface area contributed by atoms with Crippen molar-refractivity contribution < 1.29 is 9.18 Å². The number of Topliss-reactive ketones (excluding diaryl/α,β-unsaturated/α-hetero) is 1. The van der Waals surface area contributed by atoms with Crippen molar-refractivity contribution in [1.29, 1.82) is 0 Å². The number of benzene rings is 1. The van der Waals surface area contributed by atoms with Crippen LogP contribution in [0.1, 0.15) is 42.5 Å². The second-order valence-corrected chi connectivity index (χ2v) is 4.21. The minimum Gasteiger partial charge on any atom is -0.294 e. The minimum atomic E-state index is -0.323. The summed E-state index contributed by atoms with van der Waals surface area (Å²) in [5, 5.41) is 0. The zero-order chi connectivity index (χ0) is 10.7. The summed E-state index contributed by atoms with van der Waals surface area (Å²) in [6.45, 7) is 0. The smallest absolute Gasteiger partial charge is 0.166 e. The molecule has 0 aliphatic heterocycles. The average molecular weight is 206 g/mol. The Hall–Kier alpha value is -1.18. The Balaban J connectivity index is 2.12. The molecule has 0 heterocycles. The molecule has 2 rings (SSSR count). The van der Waals surface area contributed by atoms with Crippen molar-refractivity contribution in [2.45, 2.75) is 32.1 Å². The third-order valence-electron chi connectivity index (χ3n) is 3.09. The first-order chi connectivity index (χ1) is 7.27. The molecule has 15 heavy (non-hydrogen) atoms. The van der Waals surface area contributed by atoms with Gasteiger partial charge in [0.05, 0.1) is 0 Å². The third kappa shape index (κ3) is 2.44. The lowest BCUT2D eigenvalue weighted by Crippen LogP contribution is -2.17. The van der Waals surface area contributed by atoms with Gasteiger partial charge in [0.2, 0.25) is 0 Å². The molecule has 0 bridgehead atoms. The number of rotatable bonds is 2. The first kappa shape index (κ1) is 10.3. The van der Waals surface area contributed by atoms with E-state index in [1.165, 1.54) is 18.6 Å². The lowest BCUT2D eigenvalue weighted by molar-refractivity contribution is 0.0889. The fourth-order valence-electron chi connectivity index (χ4n) is 2.24. The Morgan fingerprint density at radius 2 is 1.93 bits per heavy atom. The van der Waals surface area contributed by atoms with E-state index in [4.69, 9.17) is 0 Å². The van der Waals surface area contributed by atoms with Crippen molar-refractivity contribution in [1.82, 2.24) is 0 Å². The van der Waals surface area contributed by atoms with Gasteiger partial charge in [0.25, 0.3) is 0 Å². The van der Waals surface area contributed by atoms with Gasteiger partial charge >= 0.3 is 0 Å². The van der Waals surface area contributed by atoms with Crippen LogP contribution < -0.4 is 0 Å². The second kappa shape index (κ2) is 4.56. The van der Waals surface area contributed by atoms with E-state index in [9.17, 15) is 9.18 Å². The molecule has 0 atom stereocenters. The van der Waals surface area contributed by atoms with E-state index < -0.39 is 0 Å². The van der Waals surface area contributed by atoms with Crippen LogP contribution in [0.4, 0.5) is 4.39 Å². The number of ketones is 1. The van der Waals surface area contributed by atoms with Gasteiger partial charge in [-0.2, -0.15) is 0 Å². The summed E-state index contributed by atoms with van der Waals surface area (Å²) >= 11 is 0. The van der Waals surface area contributed by atoms with Crippen LogP contribution in [0.3, 0.4) is 0 Å². The molecule has 0 N–H and O–H groups in total. The van der Waals surface area contributed by atoms with Gasteiger partial charge in [-0.1, -0.05) is 31.4 Å². The predicted molar refractivity (Wildman–Crippen MR) is 57.3 cm³/mol. The van der Waals surface area contributed by atoms with Crippen LogP contribution in [0.15, 0.2) is 24.3 Å². The van der Waals surface area contributed by atoms with Gasteiger partial charge in [0.15, 0.2) is 5.78 Å². The van der Waals surface area contributed by atoms with Crippen LogP contribution in [0, 0.1) is 11.7 Å². The van der Waals surface area contributed by atoms with Crippen molar-refractivity contribution in [3.63, 3.8) is 0 Å². The number of carbonyl (C=O) groups excluding carboxylic acids is 1. The molecule has 0 radical (unpaired) electrons. The molecular weight excluding hydrogens is 191 g/mol. The van der Waals surface area contributed by atoms with Gasteiger partial charge in [-0.05, 0) is 25.0 Å². The Bertz CT molecular complexity index is 353. The second-order valence-electron chi connectivity index (χ2n) is 4.21. The highest BCUT2D eigenvalue weighted by atomic mass is 19.1. The summed E-state index contributed by atoms with van der Waals surface area (Å²) in [4.78, 5) is 12.0. The van der Waals surface area contributed by atoms with E-state index in [-0.39, 0.29) is 17.5 Å². The van der Waals surface area contributed by atoms with Gasteiger partial charge in [-0.15, -0.1) is 0 Å². The monoisotopic (exact) mass is 206 g/mol. The van der Waals surface area contributed by atoms with Crippen molar-refractivity contribution in [3.05, 3.63) is 35.6 Å². The highest BCUT2D eigenvalue weighted by Crippen LogP contribution is 2.26. The highest BCUT2D eigenvalue weighted by molar-refractivity contribution is 5.97. The Morgan fingerprint density at radius 1 is 1.20 bits per heavy atom. The zero-order valence-electron chi connectivity index (χ0n) is 8.71. The van der Waals surface area contributed by atoms with Crippen LogP contribution >= 0.6 is 0 Å². The van der Waals surface area contributed by atoms with E-state index in [1.54, 1.807) is 12.1 Å². The average Bonchev–Trinajstić information content (AvgIpc) is 2.29. The molecule has 1 aliphatic carbocycles. The molecule has 1 aromatic carbocycles. The summed E-state index contributed by atoms with van der Waals surface area (Å²) in [5.41, 5.74) is 0.530. The molecule has 80 valence electrons. The fraction of sp³-hybridized carbons (Fsp3) is 0.462. The van der Waals surface area contributed by atoms with E-state index in [2.05, 4.69) is 0 Å². The largest absolute Gasteiger partial charge is 0.294 e. The molecule has 1 aliphatic rings. The maximum absolute atomic E-state index is 12.9. The van der Waals surface area contributed by atoms with E-state index in [1.807, 2.05) is 0 Å². The maximum atomic E-state index is 12.9. The Kier molecular flexibility index (Phi) is 3.14. The quantitative estimate of drug-likeness (QED) is 0.676. The lowest BCUT2D eigenvalue weighted by Gasteiger charge is -2.20. The number of carbonyl (C=O) groups is 1. The molecule has 0 unspecified atom stereocenters. The Labute approximate surface area is 89.3 Å². The molecular formula is C13H15FO. The van der Waals surface area contributed by atoms with E-state index in [0.717, 1.165) is 25.7 Å². The van der Waals surface area contributed by atoms with E-state index >= 15 is 0 Å². The summed E-state index contributed by atoms with van der Waals surface area (Å²) in [6.07, 6.45) is 5.43. The molecule has 0 saturated heterocycles. The van der Waals surface area contributed by atoms with Gasteiger partial charge in [0, 0.05) is 11.5 Å². The molecule has 1 fully saturated rings. The standard InChI is InChI=1S/C13H15FO/c14-12-8-4-7-11(9-12)13(15)10-5-2-1-3-6-10/h4,7-10H,1-3,5-6H2. The topological polar surface area (TPSA) is 17.1 Å². The molecule has 1 nitrogen and oxygen atoms in total. The number of halogens is 1. The minimum absolute atomic E-state index is 0.120. The molecule has 1 aromatic rings. The molecule has 0 spiro atoms. The van der Waals surface area contributed by atoms with Crippen molar-refractivity contribution >= 4 is 5.78 Å². The fourth-order valence-corrected chi connectivity index (χ4v) is 2.24. The molecule has 1 saturated carbocycles. The van der Waals surface area contributed by atoms with Crippen LogP contribution in [0.2, 0.25) is 0 Å². The normalized spacial score (nSPS) is 17.7. The van der Waals surface area contributed by atoms with Crippen molar-refractivity contribution in [3.8, 4) is 0 Å². The van der Waals surface area contributed by atoms with Crippen LogP contribution in [0.5, 0.6) is 0 Å². The van der Waals surface area contributed by atoms with Crippen molar-refractivity contribution in [2.75, 3.05) is 0 Å². The number of hydrogen-bond acceptors (Lipinski definition) is 1. The highest BCUT2D eigenvalue weighted by Gasteiger charge is 2.22. The zero-order valence-corrected chi connectivity index (χ0v) is 8.71. The number of hydrogen-bond donors (Lipinski definition) is 0. The van der Waals surface area contributed by atoms with Gasteiger partial charge in [-0.25, -0.2) is 4.39 Å². The summed E-state index contributed by atoms with van der Waals surface area (Å²) in [6, 6.07) is 6.03.